The molecule has 8 nitrogen and oxygen atoms in total. The largest absolute Gasteiger partial charge is 0.573 e. The summed E-state index contributed by atoms with van der Waals surface area (Å²) in [4.78, 5) is 28.5. The van der Waals surface area contributed by atoms with E-state index in [1.54, 1.807) is 0 Å². The molecule has 31 heavy (non-hydrogen) atoms. The average Bonchev–Trinajstić information content (AvgIpc) is 3.38. The molecular weight excluding hydrogens is 419 g/mol. The molecule has 0 unspecified atom stereocenters. The van der Waals surface area contributed by atoms with Gasteiger partial charge in [0.1, 0.15) is 5.75 Å². The second-order valence-corrected chi connectivity index (χ2v) is 7.22. The van der Waals surface area contributed by atoms with Gasteiger partial charge in [-0.1, -0.05) is 18.0 Å². The van der Waals surface area contributed by atoms with Crippen molar-refractivity contribution in [2.75, 3.05) is 5.32 Å². The van der Waals surface area contributed by atoms with E-state index in [1.807, 2.05) is 0 Å². The third-order valence-corrected chi connectivity index (χ3v) is 4.78. The number of benzene rings is 1. The molecule has 1 N–H and O–H groups in total. The Kier molecular flexibility index (Phi) is 7.13. The van der Waals surface area contributed by atoms with Crippen LogP contribution in [0.2, 0.25) is 0 Å². The van der Waals surface area contributed by atoms with Crippen LogP contribution in [0.4, 0.5) is 18.9 Å². The third kappa shape index (κ3) is 6.97. The van der Waals surface area contributed by atoms with E-state index >= 15 is 0 Å². The number of amides is 1. The number of hydrogen-bond acceptors (Lipinski definition) is 7. The maximum Gasteiger partial charge on any atom is 0.573 e. The number of anilines is 1. The van der Waals surface area contributed by atoms with E-state index < -0.39 is 30.1 Å². The van der Waals surface area contributed by atoms with Crippen molar-refractivity contribution in [2.45, 2.75) is 63.8 Å². The van der Waals surface area contributed by atoms with E-state index in [4.69, 9.17) is 9.26 Å². The van der Waals surface area contributed by atoms with Gasteiger partial charge >= 0.3 is 12.3 Å². The molecule has 3 rings (SSSR count). The molecule has 0 radical (unpaired) electrons. The Balaban J connectivity index is 1.42. The van der Waals surface area contributed by atoms with E-state index in [-0.39, 0.29) is 18.5 Å². The van der Waals surface area contributed by atoms with E-state index in [0.29, 0.717) is 17.6 Å². The number of nitrogens with one attached hydrogen (secondary N) is 1. The highest BCUT2D eigenvalue weighted by Gasteiger charge is 2.31. The van der Waals surface area contributed by atoms with Crippen molar-refractivity contribution in [1.29, 1.82) is 0 Å². The van der Waals surface area contributed by atoms with Gasteiger partial charge in [0.25, 0.3) is 5.91 Å². The van der Waals surface area contributed by atoms with Gasteiger partial charge in [-0.05, 0) is 44.0 Å². The monoisotopic (exact) mass is 441 g/mol. The van der Waals surface area contributed by atoms with E-state index in [9.17, 15) is 22.8 Å². The first-order valence-electron chi connectivity index (χ1n) is 9.88. The Morgan fingerprint density at radius 3 is 2.55 bits per heavy atom. The number of carbonyl (C=O) groups is 2. The molecule has 168 valence electrons. The van der Waals surface area contributed by atoms with Crippen molar-refractivity contribution in [3.63, 3.8) is 0 Å². The minimum atomic E-state index is -4.80. The number of alkyl halides is 3. The number of esters is 1. The molecule has 11 heteroatoms. The first-order chi connectivity index (χ1) is 14.7. The lowest BCUT2D eigenvalue weighted by Gasteiger charge is -2.14. The Morgan fingerprint density at radius 2 is 1.90 bits per heavy atom. The highest BCUT2D eigenvalue weighted by molar-refractivity contribution is 5.95. The zero-order valence-corrected chi connectivity index (χ0v) is 16.8. The van der Waals surface area contributed by atoms with Gasteiger partial charge in [-0.15, -0.1) is 13.2 Å². The van der Waals surface area contributed by atoms with E-state index in [1.165, 1.54) is 19.1 Å². The van der Waals surface area contributed by atoms with E-state index in [0.717, 1.165) is 37.8 Å². The van der Waals surface area contributed by atoms with Crippen LogP contribution in [0.3, 0.4) is 0 Å². The SMILES string of the molecule is C[C@H](OC(=O)CCc1nc(C2CCCC2)no1)C(=O)Nc1ccc(OC(F)(F)F)cc1. The van der Waals surface area contributed by atoms with Crippen molar-refractivity contribution in [1.82, 2.24) is 10.1 Å². The predicted molar refractivity (Wildman–Crippen MR) is 101 cm³/mol. The van der Waals surface area contributed by atoms with Crippen molar-refractivity contribution < 1.29 is 36.8 Å². The van der Waals surface area contributed by atoms with Crippen LogP contribution in [0.1, 0.15) is 56.7 Å². The first-order valence-corrected chi connectivity index (χ1v) is 9.88. The average molecular weight is 441 g/mol. The molecule has 1 aromatic heterocycles. The van der Waals surface area contributed by atoms with Gasteiger partial charge in [0.2, 0.25) is 5.89 Å². The maximum absolute atomic E-state index is 12.2. The number of nitrogens with zero attached hydrogens (tertiary/aromatic N) is 2. The van der Waals surface area contributed by atoms with Gasteiger partial charge in [0.05, 0.1) is 6.42 Å². The second kappa shape index (κ2) is 9.80. The van der Waals surface area contributed by atoms with Gasteiger partial charge < -0.3 is 19.3 Å². The number of rotatable bonds is 8. The quantitative estimate of drug-likeness (QED) is 0.615. The summed E-state index contributed by atoms with van der Waals surface area (Å²) in [5, 5.41) is 6.42. The fourth-order valence-corrected chi connectivity index (χ4v) is 3.22. The molecule has 1 saturated carbocycles. The van der Waals surface area contributed by atoms with E-state index in [2.05, 4.69) is 20.2 Å². The van der Waals surface area contributed by atoms with Gasteiger partial charge in [-0.3, -0.25) is 9.59 Å². The molecule has 0 saturated heterocycles. The molecule has 1 amide bonds. The normalized spacial score (nSPS) is 15.5. The number of ether oxygens (including phenoxy) is 2. The minimum Gasteiger partial charge on any atom is -0.453 e. The van der Waals surface area contributed by atoms with Crippen LogP contribution in [-0.2, 0) is 20.7 Å². The fraction of sp³-hybridized carbons (Fsp3) is 0.500. The highest BCUT2D eigenvalue weighted by Crippen LogP contribution is 2.32. The molecule has 1 aliphatic carbocycles. The topological polar surface area (TPSA) is 104 Å². The third-order valence-electron chi connectivity index (χ3n) is 4.78. The second-order valence-electron chi connectivity index (χ2n) is 7.22. The van der Waals surface area contributed by atoms with Crippen molar-refractivity contribution in [2.24, 2.45) is 0 Å². The van der Waals surface area contributed by atoms with Gasteiger partial charge in [-0.2, -0.15) is 4.98 Å². The number of aryl methyl sites for hydroxylation is 1. The lowest BCUT2D eigenvalue weighted by Crippen LogP contribution is -2.30. The summed E-state index contributed by atoms with van der Waals surface area (Å²) in [5.74, 6) is -0.335. The van der Waals surface area contributed by atoms with Gasteiger partial charge in [0, 0.05) is 18.0 Å². The lowest BCUT2D eigenvalue weighted by atomic mass is 10.1. The molecule has 1 fully saturated rings. The summed E-state index contributed by atoms with van der Waals surface area (Å²) < 4.78 is 50.5. The number of carbonyl (C=O) groups excluding carboxylic acids is 2. The van der Waals surface area contributed by atoms with Crippen LogP contribution in [0.25, 0.3) is 0 Å². The standard InChI is InChI=1S/C20H22F3N3O5/c1-12(19(28)24-14-6-8-15(9-7-14)30-20(21,22)23)29-17(27)11-10-16-25-18(26-31-16)13-4-2-3-5-13/h6-9,12-13H,2-5,10-11H2,1H3,(H,24,28)/t12-/m0/s1. The Labute approximate surface area is 176 Å². The summed E-state index contributed by atoms with van der Waals surface area (Å²) >= 11 is 0. The lowest BCUT2D eigenvalue weighted by molar-refractivity contribution is -0.274. The van der Waals surface area contributed by atoms with Crippen LogP contribution < -0.4 is 10.1 Å². The van der Waals surface area contributed by atoms with Crippen molar-refractivity contribution in [3.8, 4) is 5.75 Å². The molecule has 0 spiro atoms. The summed E-state index contributed by atoms with van der Waals surface area (Å²) in [6, 6.07) is 4.60. The fourth-order valence-electron chi connectivity index (χ4n) is 3.22. The number of halogens is 3. The van der Waals surface area contributed by atoms with Crippen LogP contribution in [0, 0.1) is 0 Å². The highest BCUT2D eigenvalue weighted by atomic mass is 19.4. The molecular formula is C20H22F3N3O5. The zero-order chi connectivity index (χ0) is 22.4. The molecule has 1 aliphatic rings. The molecule has 1 atom stereocenters. The van der Waals surface area contributed by atoms with Gasteiger partial charge in [0.15, 0.2) is 11.9 Å². The molecule has 0 aliphatic heterocycles. The summed E-state index contributed by atoms with van der Waals surface area (Å²) in [6.07, 6.45) is -1.38. The minimum absolute atomic E-state index is 0.0343. The maximum atomic E-state index is 12.2. The molecule has 0 bridgehead atoms. The Bertz CT molecular complexity index is 892. The van der Waals surface area contributed by atoms with Crippen LogP contribution in [0.5, 0.6) is 5.75 Å². The van der Waals surface area contributed by atoms with Crippen LogP contribution in [0.15, 0.2) is 28.8 Å². The van der Waals surface area contributed by atoms with Crippen LogP contribution in [-0.4, -0.2) is 34.5 Å². The van der Waals surface area contributed by atoms with Gasteiger partial charge in [-0.25, -0.2) is 0 Å². The smallest absolute Gasteiger partial charge is 0.453 e. The number of hydrogen-bond donors (Lipinski definition) is 1. The first kappa shape index (κ1) is 22.6. The Morgan fingerprint density at radius 1 is 1.23 bits per heavy atom. The Hall–Kier alpha value is -3.11. The molecule has 1 aromatic carbocycles. The predicted octanol–water partition coefficient (Wildman–Crippen LogP) is 4.13. The summed E-state index contributed by atoms with van der Waals surface area (Å²) in [7, 11) is 0. The summed E-state index contributed by atoms with van der Waals surface area (Å²) in [6.45, 7) is 1.39. The van der Waals surface area contributed by atoms with Crippen molar-refractivity contribution >= 4 is 17.6 Å². The zero-order valence-electron chi connectivity index (χ0n) is 16.8. The molecule has 1 heterocycles. The molecule has 2 aromatic rings. The van der Waals surface area contributed by atoms with Crippen LogP contribution >= 0.6 is 0 Å². The summed E-state index contributed by atoms with van der Waals surface area (Å²) in [5.41, 5.74) is 0.229. The number of aromatic nitrogens is 2. The van der Waals surface area contributed by atoms with Crippen molar-refractivity contribution in [3.05, 3.63) is 36.0 Å².